The van der Waals surface area contributed by atoms with Crippen LogP contribution in [0.15, 0.2) is 36.8 Å². The summed E-state index contributed by atoms with van der Waals surface area (Å²) < 4.78 is 0. The molecule has 5 heteroatoms. The number of hydrogen-bond acceptors (Lipinski definition) is 3. The van der Waals surface area contributed by atoms with E-state index in [-0.39, 0.29) is 17.6 Å². The van der Waals surface area contributed by atoms with Gasteiger partial charge in [-0.15, -0.1) is 0 Å². The minimum absolute atomic E-state index is 0.0674. The second-order valence-electron chi connectivity index (χ2n) is 4.84. The molecule has 0 radical (unpaired) electrons. The minimum atomic E-state index is -0.373. The summed E-state index contributed by atoms with van der Waals surface area (Å²) >= 11 is 12.0. The number of nitrogens with zero attached hydrogens (tertiary/aromatic N) is 2. The Kier molecular flexibility index (Phi) is 4.73. The molecule has 2 aromatic rings. The van der Waals surface area contributed by atoms with Crippen LogP contribution in [0.2, 0.25) is 10.0 Å². The van der Waals surface area contributed by atoms with Gasteiger partial charge in [0.2, 0.25) is 0 Å². The largest absolute Gasteiger partial charge is 0.293 e. The van der Waals surface area contributed by atoms with E-state index in [1.54, 1.807) is 36.8 Å². The summed E-state index contributed by atoms with van der Waals surface area (Å²) in [6.07, 6.45) is 4.79. The molecule has 1 aromatic carbocycles. The standard InChI is InChI=1S/C15H14Cl2N2O/c1-9(2)14(13-8-18-5-6-19-13)15(20)11-4-3-10(16)7-12(11)17/h3-9,14H,1-2H3. The number of hydrogen-bond donors (Lipinski definition) is 0. The SMILES string of the molecule is CC(C)C(C(=O)c1ccc(Cl)cc1Cl)c1cnccn1. The van der Waals surface area contributed by atoms with E-state index < -0.39 is 0 Å². The Morgan fingerprint density at radius 3 is 2.50 bits per heavy atom. The summed E-state index contributed by atoms with van der Waals surface area (Å²) in [6, 6.07) is 4.89. The molecule has 2 rings (SSSR count). The van der Waals surface area contributed by atoms with Crippen LogP contribution in [0.3, 0.4) is 0 Å². The van der Waals surface area contributed by atoms with E-state index in [1.165, 1.54) is 0 Å². The van der Waals surface area contributed by atoms with Crippen molar-refractivity contribution in [2.24, 2.45) is 5.92 Å². The molecule has 20 heavy (non-hydrogen) atoms. The van der Waals surface area contributed by atoms with Crippen molar-refractivity contribution in [3.8, 4) is 0 Å². The van der Waals surface area contributed by atoms with Crippen LogP contribution in [-0.2, 0) is 0 Å². The maximum absolute atomic E-state index is 12.7. The smallest absolute Gasteiger partial charge is 0.173 e. The molecule has 1 atom stereocenters. The molecule has 0 saturated heterocycles. The van der Waals surface area contributed by atoms with Gasteiger partial charge in [0.25, 0.3) is 0 Å². The molecule has 1 heterocycles. The zero-order valence-corrected chi connectivity index (χ0v) is 12.7. The number of carbonyl (C=O) groups is 1. The lowest BCUT2D eigenvalue weighted by molar-refractivity contribution is 0.0935. The molecule has 0 bridgehead atoms. The highest BCUT2D eigenvalue weighted by Gasteiger charge is 2.28. The predicted molar refractivity (Wildman–Crippen MR) is 80.4 cm³/mol. The molecule has 104 valence electrons. The van der Waals surface area contributed by atoms with Gasteiger partial charge in [-0.25, -0.2) is 0 Å². The van der Waals surface area contributed by atoms with E-state index in [9.17, 15) is 4.79 Å². The normalized spacial score (nSPS) is 12.4. The van der Waals surface area contributed by atoms with Gasteiger partial charge in [0.15, 0.2) is 5.78 Å². The van der Waals surface area contributed by atoms with Crippen molar-refractivity contribution in [2.45, 2.75) is 19.8 Å². The van der Waals surface area contributed by atoms with Crippen LogP contribution in [0.25, 0.3) is 0 Å². The fraction of sp³-hybridized carbons (Fsp3) is 0.267. The van der Waals surface area contributed by atoms with Crippen LogP contribution in [0.5, 0.6) is 0 Å². The molecule has 3 nitrogen and oxygen atoms in total. The number of aromatic nitrogens is 2. The zero-order valence-electron chi connectivity index (χ0n) is 11.2. The highest BCUT2D eigenvalue weighted by molar-refractivity contribution is 6.37. The molecule has 0 aliphatic heterocycles. The fourth-order valence-electron chi connectivity index (χ4n) is 2.11. The first kappa shape index (κ1) is 14.9. The fourth-order valence-corrected chi connectivity index (χ4v) is 2.61. The van der Waals surface area contributed by atoms with Gasteiger partial charge >= 0.3 is 0 Å². The first-order valence-corrected chi connectivity index (χ1v) is 7.01. The third kappa shape index (κ3) is 3.17. The summed E-state index contributed by atoms with van der Waals surface area (Å²) in [6.45, 7) is 3.95. The van der Waals surface area contributed by atoms with Crippen molar-refractivity contribution >= 4 is 29.0 Å². The maximum atomic E-state index is 12.7. The molecule has 0 aliphatic carbocycles. The monoisotopic (exact) mass is 308 g/mol. The van der Waals surface area contributed by atoms with Crippen molar-refractivity contribution in [1.29, 1.82) is 0 Å². The molecule has 0 fully saturated rings. The van der Waals surface area contributed by atoms with E-state index >= 15 is 0 Å². The Hall–Kier alpha value is -1.45. The number of halogens is 2. The second-order valence-corrected chi connectivity index (χ2v) is 5.68. The average molecular weight is 309 g/mol. The Labute approximate surface area is 128 Å². The highest BCUT2D eigenvalue weighted by Crippen LogP contribution is 2.30. The number of benzene rings is 1. The van der Waals surface area contributed by atoms with Crippen LogP contribution in [0.4, 0.5) is 0 Å². The third-order valence-electron chi connectivity index (χ3n) is 3.05. The van der Waals surface area contributed by atoms with Gasteiger partial charge in [-0.3, -0.25) is 14.8 Å². The first-order chi connectivity index (χ1) is 9.50. The summed E-state index contributed by atoms with van der Waals surface area (Å²) in [5.41, 5.74) is 1.11. The Morgan fingerprint density at radius 1 is 1.20 bits per heavy atom. The molecule has 0 spiro atoms. The van der Waals surface area contributed by atoms with Gasteiger partial charge in [-0.05, 0) is 24.1 Å². The van der Waals surface area contributed by atoms with Crippen molar-refractivity contribution in [2.75, 3.05) is 0 Å². The number of rotatable bonds is 4. The van der Waals surface area contributed by atoms with Crippen LogP contribution in [-0.4, -0.2) is 15.8 Å². The van der Waals surface area contributed by atoms with Crippen LogP contribution >= 0.6 is 23.2 Å². The summed E-state index contributed by atoms with van der Waals surface area (Å²) in [5.74, 6) is -0.351. The summed E-state index contributed by atoms with van der Waals surface area (Å²) in [4.78, 5) is 21.0. The van der Waals surface area contributed by atoms with Crippen molar-refractivity contribution in [3.05, 3.63) is 58.1 Å². The molecule has 0 amide bonds. The molecule has 0 saturated carbocycles. The zero-order chi connectivity index (χ0) is 14.7. The number of carbonyl (C=O) groups excluding carboxylic acids is 1. The summed E-state index contributed by atoms with van der Waals surface area (Å²) in [7, 11) is 0. The lowest BCUT2D eigenvalue weighted by Crippen LogP contribution is -2.20. The van der Waals surface area contributed by atoms with Gasteiger partial charge < -0.3 is 0 Å². The predicted octanol–water partition coefficient (Wildman–Crippen LogP) is 4.41. The van der Waals surface area contributed by atoms with E-state index in [1.807, 2.05) is 13.8 Å². The Balaban J connectivity index is 2.42. The van der Waals surface area contributed by atoms with Crippen LogP contribution in [0, 0.1) is 5.92 Å². The Bertz CT molecular complexity index is 615. The quantitative estimate of drug-likeness (QED) is 0.786. The molecule has 1 aromatic heterocycles. The molecule has 0 aliphatic rings. The first-order valence-electron chi connectivity index (χ1n) is 6.26. The minimum Gasteiger partial charge on any atom is -0.293 e. The lowest BCUT2D eigenvalue weighted by atomic mass is 9.85. The molecule has 1 unspecified atom stereocenters. The van der Waals surface area contributed by atoms with Crippen molar-refractivity contribution in [3.63, 3.8) is 0 Å². The van der Waals surface area contributed by atoms with E-state index in [0.29, 0.717) is 21.3 Å². The van der Waals surface area contributed by atoms with Crippen molar-refractivity contribution in [1.82, 2.24) is 9.97 Å². The molecular weight excluding hydrogens is 295 g/mol. The second kappa shape index (κ2) is 6.33. The lowest BCUT2D eigenvalue weighted by Gasteiger charge is -2.19. The van der Waals surface area contributed by atoms with Crippen LogP contribution in [0.1, 0.15) is 35.8 Å². The van der Waals surface area contributed by atoms with Crippen molar-refractivity contribution < 1.29 is 4.79 Å². The Morgan fingerprint density at radius 2 is 1.95 bits per heavy atom. The maximum Gasteiger partial charge on any atom is 0.173 e. The van der Waals surface area contributed by atoms with Gasteiger partial charge in [-0.1, -0.05) is 37.0 Å². The molecule has 0 N–H and O–H groups in total. The highest BCUT2D eigenvalue weighted by atomic mass is 35.5. The van der Waals surface area contributed by atoms with Crippen LogP contribution < -0.4 is 0 Å². The summed E-state index contributed by atoms with van der Waals surface area (Å²) in [5, 5.41) is 0.865. The topological polar surface area (TPSA) is 42.9 Å². The van der Waals surface area contributed by atoms with E-state index in [2.05, 4.69) is 9.97 Å². The average Bonchev–Trinajstić information content (AvgIpc) is 2.39. The van der Waals surface area contributed by atoms with Gasteiger partial charge in [-0.2, -0.15) is 0 Å². The van der Waals surface area contributed by atoms with Gasteiger partial charge in [0.05, 0.1) is 16.6 Å². The van der Waals surface area contributed by atoms with E-state index in [0.717, 1.165) is 0 Å². The van der Waals surface area contributed by atoms with E-state index in [4.69, 9.17) is 23.2 Å². The number of Topliss-reactive ketones (excluding diaryl/α,β-unsaturated/α-hetero) is 1. The number of ketones is 1. The third-order valence-corrected chi connectivity index (χ3v) is 3.60. The van der Waals surface area contributed by atoms with Gasteiger partial charge in [0.1, 0.15) is 0 Å². The van der Waals surface area contributed by atoms with Gasteiger partial charge in [0, 0.05) is 29.2 Å². The molecular formula is C15H14Cl2N2O.